The molecule has 450 valence electrons. The lowest BCUT2D eigenvalue weighted by molar-refractivity contribution is 0.568. The smallest absolute Gasteiger partial charge is 0.252 e. The highest BCUT2D eigenvalue weighted by atomic mass is 16.3. The van der Waals surface area contributed by atoms with Gasteiger partial charge in [-0.1, -0.05) is 262 Å². The molecular formula is C86H81BN2O2. The maximum Gasteiger partial charge on any atom is 0.252 e. The molecule has 5 heteroatoms. The molecule has 2 aromatic heterocycles. The minimum Gasteiger partial charge on any atom is -0.456 e. The molecule has 0 saturated heterocycles. The second-order valence-electron chi connectivity index (χ2n) is 31.0. The summed E-state index contributed by atoms with van der Waals surface area (Å²) in [6.07, 6.45) is 0. The number of furan rings is 2. The first-order chi connectivity index (χ1) is 43.3. The minimum absolute atomic E-state index is 0.0831. The quantitative estimate of drug-likeness (QED) is 0.155. The Balaban J connectivity index is 1.08. The maximum atomic E-state index is 6.64. The molecule has 4 heterocycles. The number of rotatable bonds is 6. The molecule has 0 unspecified atom stereocenters. The van der Waals surface area contributed by atoms with Crippen LogP contribution in [0, 0.1) is 0 Å². The van der Waals surface area contributed by atoms with Crippen LogP contribution in [0.15, 0.2) is 227 Å². The number of nitrogens with zero attached hydrogens (tertiary/aromatic N) is 2. The zero-order valence-electron chi connectivity index (χ0n) is 55.6. The molecule has 0 fully saturated rings. The van der Waals surface area contributed by atoms with Gasteiger partial charge in [-0.25, -0.2) is 0 Å². The first kappa shape index (κ1) is 58.1. The van der Waals surface area contributed by atoms with Crippen LogP contribution >= 0.6 is 0 Å². The van der Waals surface area contributed by atoms with E-state index < -0.39 is 0 Å². The fourth-order valence-corrected chi connectivity index (χ4v) is 14.4. The van der Waals surface area contributed by atoms with Gasteiger partial charge in [0.1, 0.15) is 22.3 Å². The van der Waals surface area contributed by atoms with Crippen LogP contribution in [-0.2, 0) is 27.1 Å². The van der Waals surface area contributed by atoms with E-state index in [-0.39, 0.29) is 33.8 Å². The van der Waals surface area contributed by atoms with Crippen molar-refractivity contribution in [2.24, 2.45) is 0 Å². The molecule has 4 nitrogen and oxygen atoms in total. The third kappa shape index (κ3) is 9.72. The predicted octanol–water partition coefficient (Wildman–Crippen LogP) is 22.7. The van der Waals surface area contributed by atoms with Crippen molar-refractivity contribution >= 4 is 101 Å². The third-order valence-corrected chi connectivity index (χ3v) is 19.6. The van der Waals surface area contributed by atoms with Gasteiger partial charge in [0.15, 0.2) is 0 Å². The van der Waals surface area contributed by atoms with Crippen LogP contribution in [0.3, 0.4) is 0 Å². The summed E-state index contributed by atoms with van der Waals surface area (Å²) >= 11 is 0. The Kier molecular flexibility index (Phi) is 13.2. The van der Waals surface area contributed by atoms with E-state index in [2.05, 4.69) is 332 Å². The number of benzene rings is 11. The van der Waals surface area contributed by atoms with Crippen LogP contribution in [0.4, 0.5) is 34.1 Å². The molecule has 0 radical (unpaired) electrons. The Morgan fingerprint density at radius 3 is 0.978 bits per heavy atom. The van der Waals surface area contributed by atoms with E-state index in [1.807, 2.05) is 0 Å². The number of hydrogen-bond acceptors (Lipinski definition) is 4. The number of hydrogen-bond donors (Lipinski definition) is 0. The molecule has 91 heavy (non-hydrogen) atoms. The second kappa shape index (κ2) is 20.6. The molecule has 0 saturated carbocycles. The molecular weight excluding hydrogens is 1100 g/mol. The van der Waals surface area contributed by atoms with Crippen molar-refractivity contribution in [1.29, 1.82) is 0 Å². The lowest BCUT2D eigenvalue weighted by atomic mass is 9.33. The maximum absolute atomic E-state index is 6.64. The lowest BCUT2D eigenvalue weighted by Gasteiger charge is -2.46. The van der Waals surface area contributed by atoms with Crippen LogP contribution in [-0.4, -0.2) is 6.71 Å². The van der Waals surface area contributed by atoms with Crippen molar-refractivity contribution in [3.05, 3.63) is 246 Å². The van der Waals surface area contributed by atoms with E-state index in [9.17, 15) is 0 Å². The Labute approximate surface area is 538 Å². The van der Waals surface area contributed by atoms with Gasteiger partial charge in [0.05, 0.1) is 11.4 Å². The van der Waals surface area contributed by atoms with Gasteiger partial charge in [-0.15, -0.1) is 0 Å². The zero-order valence-corrected chi connectivity index (χ0v) is 55.6. The molecule has 0 aliphatic carbocycles. The molecule has 13 aromatic rings. The fraction of sp³-hybridized carbons (Fsp3) is 0.233. The minimum atomic E-state index is -0.241. The number of fused-ring (bicyclic) bond motifs is 10. The van der Waals surface area contributed by atoms with E-state index in [1.165, 1.54) is 77.8 Å². The third-order valence-electron chi connectivity index (χ3n) is 19.6. The second-order valence-corrected chi connectivity index (χ2v) is 31.0. The van der Waals surface area contributed by atoms with Gasteiger partial charge in [-0.05, 0) is 165 Å². The van der Waals surface area contributed by atoms with Gasteiger partial charge < -0.3 is 18.6 Å². The lowest BCUT2D eigenvalue weighted by Crippen LogP contribution is -2.61. The molecule has 0 bridgehead atoms. The van der Waals surface area contributed by atoms with Crippen LogP contribution in [0.1, 0.15) is 132 Å². The molecule has 2 aliphatic rings. The Hall–Kier alpha value is -9.32. The van der Waals surface area contributed by atoms with E-state index in [0.717, 1.165) is 88.9 Å². The van der Waals surface area contributed by atoms with Crippen LogP contribution in [0.2, 0.25) is 0 Å². The van der Waals surface area contributed by atoms with Gasteiger partial charge in [-0.3, -0.25) is 0 Å². The molecule has 0 amide bonds. The average Bonchev–Trinajstić information content (AvgIpc) is 1.21. The van der Waals surface area contributed by atoms with Gasteiger partial charge >= 0.3 is 0 Å². The molecule has 0 spiro atoms. The molecule has 0 atom stereocenters. The van der Waals surface area contributed by atoms with Crippen molar-refractivity contribution in [1.82, 2.24) is 0 Å². The van der Waals surface area contributed by atoms with Crippen LogP contribution in [0.5, 0.6) is 0 Å². The highest BCUT2D eigenvalue weighted by Crippen LogP contribution is 2.52. The summed E-state index contributed by atoms with van der Waals surface area (Å²) in [4.78, 5) is 5.29. The Morgan fingerprint density at radius 2 is 0.593 bits per heavy atom. The van der Waals surface area contributed by atoms with Gasteiger partial charge in [0.2, 0.25) is 0 Å². The van der Waals surface area contributed by atoms with Gasteiger partial charge in [0.25, 0.3) is 6.71 Å². The zero-order chi connectivity index (χ0) is 63.4. The summed E-state index contributed by atoms with van der Waals surface area (Å²) in [7, 11) is 0. The number of para-hydroxylation sites is 4. The first-order valence-corrected chi connectivity index (χ1v) is 32.7. The van der Waals surface area contributed by atoms with Crippen LogP contribution in [0.25, 0.3) is 88.4 Å². The SMILES string of the molecule is CC(C)(C)c1cc(-c2ccccc2N2c3ccc(-c4cccc5oc6ccccc6c45)cc3B3c4cc(-c5cccc6oc7ccccc7c56)ccc4N(c4ccccc4-c4cc(C(C)(C)C)cc(C(C)(C)C)c4)c4cc(C(C)(C)C)cc2c43)cc(C(C)(C)C)c1. The highest BCUT2D eigenvalue weighted by molar-refractivity contribution is 7.00. The van der Waals surface area contributed by atoms with Gasteiger partial charge in [-0.2, -0.15) is 0 Å². The van der Waals surface area contributed by atoms with Crippen LogP contribution < -0.4 is 26.2 Å². The predicted molar refractivity (Wildman–Crippen MR) is 390 cm³/mol. The van der Waals surface area contributed by atoms with Crippen molar-refractivity contribution in [2.45, 2.75) is 131 Å². The summed E-state index contributed by atoms with van der Waals surface area (Å²) in [5.74, 6) is 0. The molecule has 0 N–H and O–H groups in total. The normalized spacial score (nSPS) is 13.6. The van der Waals surface area contributed by atoms with Crippen molar-refractivity contribution < 1.29 is 8.83 Å². The summed E-state index contributed by atoms with van der Waals surface area (Å²) in [6.45, 7) is 35.0. The van der Waals surface area contributed by atoms with Crippen molar-refractivity contribution in [3.63, 3.8) is 0 Å². The van der Waals surface area contributed by atoms with E-state index in [1.54, 1.807) is 0 Å². The largest absolute Gasteiger partial charge is 0.456 e. The summed E-state index contributed by atoms with van der Waals surface area (Å²) in [5.41, 5.74) is 29.6. The van der Waals surface area contributed by atoms with E-state index in [0.29, 0.717) is 0 Å². The molecule has 15 rings (SSSR count). The number of anilines is 6. The summed E-state index contributed by atoms with van der Waals surface area (Å²) in [6, 6.07) is 82.9. The van der Waals surface area contributed by atoms with Crippen molar-refractivity contribution in [2.75, 3.05) is 9.80 Å². The monoisotopic (exact) mass is 1180 g/mol. The Morgan fingerprint density at radius 1 is 0.264 bits per heavy atom. The fourth-order valence-electron chi connectivity index (χ4n) is 14.4. The van der Waals surface area contributed by atoms with E-state index in [4.69, 9.17) is 8.83 Å². The standard InChI is InChI=1S/C86H81BN2O2/c1-82(2,3)56-42-54(43-57(48-56)83(4,5)6)61-26-16-20-32-69(61)88-71-40-38-52(63-30-24-36-77-79(63)65-28-18-22-34-75(65)90-77)46-67(71)87-68-47-53(64-31-25-37-78-80(64)66-29-19-23-35-76(66)91-78)39-41-72(68)89(74-51-60(86(13,14)15)50-73(88)81(74)87)70-33-21-17-27-62(70)55-44-58(84(7,8)9)49-59(45-55)85(10,11)12/h16-51H,1-15H3. The van der Waals surface area contributed by atoms with Crippen molar-refractivity contribution in [3.8, 4) is 44.5 Å². The van der Waals surface area contributed by atoms with Gasteiger partial charge in [0, 0.05) is 55.4 Å². The first-order valence-electron chi connectivity index (χ1n) is 32.7. The summed E-state index contributed by atoms with van der Waals surface area (Å²) < 4.78 is 13.3. The molecule has 2 aliphatic heterocycles. The molecule has 11 aromatic carbocycles. The Bertz CT molecular complexity index is 4740. The summed E-state index contributed by atoms with van der Waals surface area (Å²) in [5, 5.41) is 4.47. The topological polar surface area (TPSA) is 32.8 Å². The average molecular weight is 1190 g/mol. The highest BCUT2D eigenvalue weighted by Gasteiger charge is 2.46. The van der Waals surface area contributed by atoms with E-state index >= 15 is 0 Å².